The standard InChI is InChI=1S/C20H21ClN4O3/c21-17-3-1-2-16(12-17)19(27)25-10-8-24(9-11-25)18(26)15-6-4-14(5-7-15)13-23-20(22)28/h1-7,12H,8-11,13H2,(H3,22,23,28). The lowest BCUT2D eigenvalue weighted by Crippen LogP contribution is -2.50. The van der Waals surface area contributed by atoms with Crippen molar-refractivity contribution in [2.24, 2.45) is 5.73 Å². The number of piperazine rings is 1. The zero-order chi connectivity index (χ0) is 20.1. The van der Waals surface area contributed by atoms with Crippen molar-refractivity contribution in [1.82, 2.24) is 15.1 Å². The third kappa shape index (κ3) is 4.80. The molecule has 2 aromatic rings. The van der Waals surface area contributed by atoms with E-state index in [-0.39, 0.29) is 11.8 Å². The number of halogens is 1. The monoisotopic (exact) mass is 400 g/mol. The second-order valence-corrected chi connectivity index (χ2v) is 6.95. The van der Waals surface area contributed by atoms with Gasteiger partial charge in [-0.2, -0.15) is 0 Å². The number of urea groups is 1. The molecule has 0 atom stereocenters. The molecule has 28 heavy (non-hydrogen) atoms. The lowest BCUT2D eigenvalue weighted by molar-refractivity contribution is 0.0535. The average Bonchev–Trinajstić information content (AvgIpc) is 2.71. The van der Waals surface area contributed by atoms with Crippen LogP contribution >= 0.6 is 11.6 Å². The molecule has 1 saturated heterocycles. The van der Waals surface area contributed by atoms with Crippen molar-refractivity contribution in [3.8, 4) is 0 Å². The molecule has 8 heteroatoms. The summed E-state index contributed by atoms with van der Waals surface area (Å²) >= 11 is 5.96. The van der Waals surface area contributed by atoms with E-state index in [4.69, 9.17) is 17.3 Å². The van der Waals surface area contributed by atoms with E-state index in [9.17, 15) is 14.4 Å². The molecule has 0 bridgehead atoms. The zero-order valence-corrected chi connectivity index (χ0v) is 16.0. The molecular weight excluding hydrogens is 380 g/mol. The Morgan fingerprint density at radius 3 is 2.00 bits per heavy atom. The molecule has 7 nitrogen and oxygen atoms in total. The minimum atomic E-state index is -0.592. The Kier molecular flexibility index (Phi) is 6.16. The minimum absolute atomic E-state index is 0.0794. The molecule has 1 heterocycles. The average molecular weight is 401 g/mol. The zero-order valence-electron chi connectivity index (χ0n) is 15.2. The van der Waals surface area contributed by atoms with E-state index in [1.807, 2.05) is 0 Å². The van der Waals surface area contributed by atoms with Crippen molar-refractivity contribution in [2.75, 3.05) is 26.2 Å². The van der Waals surface area contributed by atoms with Crippen molar-refractivity contribution in [3.63, 3.8) is 0 Å². The van der Waals surface area contributed by atoms with Crippen LogP contribution in [0.1, 0.15) is 26.3 Å². The molecule has 4 amide bonds. The molecule has 3 rings (SSSR count). The van der Waals surface area contributed by atoms with Gasteiger partial charge in [0.1, 0.15) is 0 Å². The molecule has 0 radical (unpaired) electrons. The number of nitrogens with two attached hydrogens (primary N) is 1. The first-order chi connectivity index (χ1) is 13.4. The molecule has 2 aromatic carbocycles. The van der Waals surface area contributed by atoms with Gasteiger partial charge in [-0.15, -0.1) is 0 Å². The largest absolute Gasteiger partial charge is 0.352 e. The second-order valence-electron chi connectivity index (χ2n) is 6.51. The molecule has 0 saturated carbocycles. The summed E-state index contributed by atoms with van der Waals surface area (Å²) in [4.78, 5) is 39.5. The van der Waals surface area contributed by atoms with Crippen LogP contribution in [0.5, 0.6) is 0 Å². The number of benzene rings is 2. The SMILES string of the molecule is NC(=O)NCc1ccc(C(=O)N2CCN(C(=O)c3cccc(Cl)c3)CC2)cc1. The van der Waals surface area contributed by atoms with Gasteiger partial charge in [0.15, 0.2) is 0 Å². The van der Waals surface area contributed by atoms with Crippen molar-refractivity contribution in [3.05, 3.63) is 70.2 Å². The Balaban J connectivity index is 1.56. The first-order valence-electron chi connectivity index (χ1n) is 8.90. The fourth-order valence-electron chi connectivity index (χ4n) is 3.05. The van der Waals surface area contributed by atoms with Crippen molar-refractivity contribution in [1.29, 1.82) is 0 Å². The fraction of sp³-hybridized carbons (Fsp3) is 0.250. The van der Waals surface area contributed by atoms with Crippen LogP contribution in [0.25, 0.3) is 0 Å². The quantitative estimate of drug-likeness (QED) is 0.822. The Bertz CT molecular complexity index is 877. The number of nitrogens with one attached hydrogen (secondary N) is 1. The molecule has 3 N–H and O–H groups in total. The molecule has 0 aliphatic carbocycles. The minimum Gasteiger partial charge on any atom is -0.352 e. The molecular formula is C20H21ClN4O3. The lowest BCUT2D eigenvalue weighted by atomic mass is 10.1. The molecule has 0 unspecified atom stereocenters. The normalized spacial score (nSPS) is 13.9. The summed E-state index contributed by atoms with van der Waals surface area (Å²) in [5.41, 5.74) is 7.02. The van der Waals surface area contributed by atoms with Crippen molar-refractivity contribution >= 4 is 29.4 Å². The molecule has 0 aromatic heterocycles. The van der Waals surface area contributed by atoms with Crippen LogP contribution in [0, 0.1) is 0 Å². The highest BCUT2D eigenvalue weighted by Crippen LogP contribution is 2.15. The first-order valence-corrected chi connectivity index (χ1v) is 9.28. The third-order valence-electron chi connectivity index (χ3n) is 4.59. The van der Waals surface area contributed by atoms with Gasteiger partial charge in [0.2, 0.25) is 0 Å². The summed E-state index contributed by atoms with van der Waals surface area (Å²) in [7, 11) is 0. The van der Waals surface area contributed by atoms with Crippen LogP contribution in [0.3, 0.4) is 0 Å². The van der Waals surface area contributed by atoms with Gasteiger partial charge >= 0.3 is 6.03 Å². The van der Waals surface area contributed by atoms with Crippen LogP contribution in [-0.4, -0.2) is 53.8 Å². The predicted molar refractivity (Wildman–Crippen MR) is 106 cm³/mol. The highest BCUT2D eigenvalue weighted by Gasteiger charge is 2.25. The van der Waals surface area contributed by atoms with Crippen LogP contribution in [0.4, 0.5) is 4.79 Å². The van der Waals surface area contributed by atoms with Crippen LogP contribution in [0.15, 0.2) is 48.5 Å². The van der Waals surface area contributed by atoms with Crippen molar-refractivity contribution < 1.29 is 14.4 Å². The maximum atomic E-state index is 12.7. The first kappa shape index (κ1) is 19.7. The third-order valence-corrected chi connectivity index (χ3v) is 4.83. The smallest absolute Gasteiger partial charge is 0.312 e. The summed E-state index contributed by atoms with van der Waals surface area (Å²) in [5, 5.41) is 3.03. The van der Waals surface area contributed by atoms with Crippen molar-refractivity contribution in [2.45, 2.75) is 6.54 Å². The Hall–Kier alpha value is -3.06. The molecule has 0 spiro atoms. The van der Waals surface area contributed by atoms with E-state index in [0.29, 0.717) is 48.9 Å². The topological polar surface area (TPSA) is 95.7 Å². The highest BCUT2D eigenvalue weighted by atomic mass is 35.5. The highest BCUT2D eigenvalue weighted by molar-refractivity contribution is 6.30. The van der Waals surface area contributed by atoms with E-state index in [1.165, 1.54) is 0 Å². The second kappa shape index (κ2) is 8.75. The van der Waals surface area contributed by atoms with Gasteiger partial charge < -0.3 is 20.9 Å². The Labute approximate surface area is 168 Å². The van der Waals surface area contributed by atoms with E-state index >= 15 is 0 Å². The van der Waals surface area contributed by atoms with Gasteiger partial charge in [0.05, 0.1) is 0 Å². The number of carbonyl (C=O) groups is 3. The van der Waals surface area contributed by atoms with E-state index in [0.717, 1.165) is 5.56 Å². The number of carbonyl (C=O) groups excluding carboxylic acids is 3. The van der Waals surface area contributed by atoms with Gasteiger partial charge in [-0.3, -0.25) is 9.59 Å². The van der Waals surface area contributed by atoms with Gasteiger partial charge in [-0.05, 0) is 35.9 Å². The lowest BCUT2D eigenvalue weighted by Gasteiger charge is -2.35. The van der Waals surface area contributed by atoms with Gasteiger partial charge in [0, 0.05) is 48.9 Å². The maximum Gasteiger partial charge on any atom is 0.312 e. The van der Waals surface area contributed by atoms with Gasteiger partial charge in [-0.1, -0.05) is 29.8 Å². The summed E-state index contributed by atoms with van der Waals surface area (Å²) in [6, 6.07) is 13.3. The molecule has 1 aliphatic heterocycles. The van der Waals surface area contributed by atoms with E-state index in [2.05, 4.69) is 5.32 Å². The number of nitrogens with zero attached hydrogens (tertiary/aromatic N) is 2. The predicted octanol–water partition coefficient (Wildman–Crippen LogP) is 2.11. The maximum absolute atomic E-state index is 12.7. The van der Waals surface area contributed by atoms with Gasteiger partial charge in [-0.25, -0.2) is 4.79 Å². The number of hydrogen-bond donors (Lipinski definition) is 2. The summed E-state index contributed by atoms with van der Waals surface area (Å²) < 4.78 is 0. The summed E-state index contributed by atoms with van der Waals surface area (Å²) in [6.07, 6.45) is 0. The summed E-state index contributed by atoms with van der Waals surface area (Å²) in [6.45, 7) is 2.19. The Morgan fingerprint density at radius 2 is 1.46 bits per heavy atom. The number of rotatable bonds is 4. The number of hydrogen-bond acceptors (Lipinski definition) is 3. The molecule has 146 valence electrons. The van der Waals surface area contributed by atoms with E-state index in [1.54, 1.807) is 58.3 Å². The fourth-order valence-corrected chi connectivity index (χ4v) is 3.24. The summed E-state index contributed by atoms with van der Waals surface area (Å²) in [5.74, 6) is -0.162. The number of amides is 4. The Morgan fingerprint density at radius 1 is 0.893 bits per heavy atom. The molecule has 1 fully saturated rings. The van der Waals surface area contributed by atoms with Gasteiger partial charge in [0.25, 0.3) is 11.8 Å². The van der Waals surface area contributed by atoms with E-state index < -0.39 is 6.03 Å². The molecule has 1 aliphatic rings. The van der Waals surface area contributed by atoms with Crippen LogP contribution in [0.2, 0.25) is 5.02 Å². The van der Waals surface area contributed by atoms with Crippen LogP contribution in [-0.2, 0) is 6.54 Å². The number of primary amides is 1. The van der Waals surface area contributed by atoms with Crippen LogP contribution < -0.4 is 11.1 Å².